The van der Waals surface area contributed by atoms with Gasteiger partial charge in [0.05, 0.1) is 5.39 Å². The van der Waals surface area contributed by atoms with Crippen molar-refractivity contribution in [3.63, 3.8) is 0 Å². The minimum absolute atomic E-state index is 0.00595. The molecule has 84 valence electrons. The Hall–Kier alpha value is -1.16. The molecule has 0 aliphatic heterocycles. The average molecular weight is 282 g/mol. The van der Waals surface area contributed by atoms with Crippen LogP contribution in [0, 0.1) is 5.41 Å². The zero-order valence-corrected chi connectivity index (χ0v) is 11.0. The van der Waals surface area contributed by atoms with Gasteiger partial charge in [0.1, 0.15) is 0 Å². The molecule has 0 radical (unpaired) electrons. The number of benzene rings is 1. The highest BCUT2D eigenvalue weighted by atomic mass is 79.9. The van der Waals surface area contributed by atoms with Crippen LogP contribution in [0.25, 0.3) is 11.0 Å². The normalized spacial score (nSPS) is 12.0. The van der Waals surface area contributed by atoms with Gasteiger partial charge in [0, 0.05) is 9.89 Å². The lowest BCUT2D eigenvalue weighted by Gasteiger charge is -2.14. The maximum absolute atomic E-state index is 12.1. The van der Waals surface area contributed by atoms with E-state index in [1.807, 2.05) is 39.0 Å². The summed E-state index contributed by atoms with van der Waals surface area (Å²) < 4.78 is 6.05. The molecule has 0 N–H and O–H groups in total. The highest BCUT2D eigenvalue weighted by Gasteiger charge is 2.27. The number of carbonyl (C=O) groups excluding carboxylic acids is 1. The van der Waals surface area contributed by atoms with E-state index in [-0.39, 0.29) is 5.78 Å². The molecule has 0 saturated heterocycles. The van der Waals surface area contributed by atoms with Crippen LogP contribution in [0.5, 0.6) is 0 Å². The summed E-state index contributed by atoms with van der Waals surface area (Å²) >= 11 is 3.35. The fourth-order valence-corrected chi connectivity index (χ4v) is 1.77. The summed E-state index contributed by atoms with van der Waals surface area (Å²) in [6, 6.07) is 5.52. The van der Waals surface area contributed by atoms with E-state index in [4.69, 9.17) is 4.52 Å². The van der Waals surface area contributed by atoms with Gasteiger partial charge >= 0.3 is 0 Å². The Balaban J connectivity index is 2.59. The number of Topliss-reactive ketones (excluding diaryl/α,β-unsaturated/α-hetero) is 1. The third-order valence-corrected chi connectivity index (χ3v) is 2.82. The fraction of sp³-hybridized carbons (Fsp3) is 0.333. The van der Waals surface area contributed by atoms with E-state index in [0.717, 1.165) is 9.86 Å². The second kappa shape index (κ2) is 3.70. The number of hydrogen-bond donors (Lipinski definition) is 0. The van der Waals surface area contributed by atoms with Crippen LogP contribution >= 0.6 is 15.9 Å². The Bertz CT molecular complexity index is 552. The number of ketones is 1. The van der Waals surface area contributed by atoms with Crippen molar-refractivity contribution < 1.29 is 9.32 Å². The van der Waals surface area contributed by atoms with E-state index >= 15 is 0 Å². The molecule has 0 fully saturated rings. The van der Waals surface area contributed by atoms with Crippen LogP contribution in [0.3, 0.4) is 0 Å². The summed E-state index contributed by atoms with van der Waals surface area (Å²) in [5.74, 6) is -0.00595. The first-order valence-corrected chi connectivity index (χ1v) is 5.78. The molecule has 1 heterocycles. The number of nitrogens with zero attached hydrogens (tertiary/aromatic N) is 1. The van der Waals surface area contributed by atoms with E-state index in [9.17, 15) is 4.79 Å². The minimum Gasteiger partial charge on any atom is -0.355 e. The Morgan fingerprint density at radius 3 is 2.69 bits per heavy atom. The standard InChI is InChI=1S/C12H12BrNO2/c1-12(2,3)11(15)10-8-5-4-7(13)6-9(8)16-14-10/h4-6H,1-3H3. The van der Waals surface area contributed by atoms with E-state index in [0.29, 0.717) is 11.3 Å². The number of rotatable bonds is 1. The Kier molecular flexibility index (Phi) is 2.62. The summed E-state index contributed by atoms with van der Waals surface area (Å²) in [6.45, 7) is 5.61. The maximum Gasteiger partial charge on any atom is 0.190 e. The predicted molar refractivity (Wildman–Crippen MR) is 65.5 cm³/mol. The lowest BCUT2D eigenvalue weighted by atomic mass is 9.88. The van der Waals surface area contributed by atoms with E-state index in [1.54, 1.807) is 0 Å². The van der Waals surface area contributed by atoms with Crippen molar-refractivity contribution in [3.8, 4) is 0 Å². The topological polar surface area (TPSA) is 43.1 Å². The molecule has 0 atom stereocenters. The van der Waals surface area contributed by atoms with E-state index in [1.165, 1.54) is 0 Å². The summed E-state index contributed by atoms with van der Waals surface area (Å²) in [7, 11) is 0. The molecule has 0 aliphatic rings. The molecular formula is C12H12BrNO2. The van der Waals surface area contributed by atoms with Gasteiger partial charge in [0.25, 0.3) is 0 Å². The molecule has 0 unspecified atom stereocenters. The van der Waals surface area contributed by atoms with Crippen LogP contribution in [0.1, 0.15) is 31.3 Å². The van der Waals surface area contributed by atoms with Crippen molar-refractivity contribution in [2.75, 3.05) is 0 Å². The van der Waals surface area contributed by atoms with Gasteiger partial charge in [-0.1, -0.05) is 41.9 Å². The summed E-state index contributed by atoms with van der Waals surface area (Å²) in [6.07, 6.45) is 0. The molecule has 4 heteroatoms. The molecule has 0 spiro atoms. The third-order valence-electron chi connectivity index (χ3n) is 2.33. The SMILES string of the molecule is CC(C)(C)C(=O)c1noc2cc(Br)ccc12. The Labute approximate surface area is 102 Å². The first-order chi connectivity index (χ1) is 7.39. The largest absolute Gasteiger partial charge is 0.355 e. The van der Waals surface area contributed by atoms with Crippen molar-refractivity contribution in [1.82, 2.24) is 5.16 Å². The summed E-state index contributed by atoms with van der Waals surface area (Å²) in [4.78, 5) is 12.1. The second-order valence-electron chi connectivity index (χ2n) is 4.75. The van der Waals surface area contributed by atoms with Gasteiger partial charge in [-0.2, -0.15) is 0 Å². The van der Waals surface area contributed by atoms with Gasteiger partial charge in [0.2, 0.25) is 0 Å². The quantitative estimate of drug-likeness (QED) is 0.747. The van der Waals surface area contributed by atoms with Crippen molar-refractivity contribution in [1.29, 1.82) is 0 Å². The molecule has 1 aromatic carbocycles. The van der Waals surface area contributed by atoms with Crippen LogP contribution < -0.4 is 0 Å². The number of fused-ring (bicyclic) bond motifs is 1. The smallest absolute Gasteiger partial charge is 0.190 e. The number of hydrogen-bond acceptors (Lipinski definition) is 3. The van der Waals surface area contributed by atoms with Crippen LogP contribution in [0.15, 0.2) is 27.2 Å². The molecule has 16 heavy (non-hydrogen) atoms. The number of aromatic nitrogens is 1. The zero-order valence-electron chi connectivity index (χ0n) is 9.37. The molecule has 2 rings (SSSR count). The van der Waals surface area contributed by atoms with Gasteiger partial charge in [-0.25, -0.2) is 0 Å². The monoisotopic (exact) mass is 281 g/mol. The van der Waals surface area contributed by atoms with Crippen LogP contribution in [-0.4, -0.2) is 10.9 Å². The molecule has 1 aromatic heterocycles. The Morgan fingerprint density at radius 2 is 2.06 bits per heavy atom. The van der Waals surface area contributed by atoms with Crippen molar-refractivity contribution >= 4 is 32.7 Å². The molecule has 2 aromatic rings. The third kappa shape index (κ3) is 1.89. The lowest BCUT2D eigenvalue weighted by Crippen LogP contribution is -2.20. The first-order valence-electron chi connectivity index (χ1n) is 4.99. The minimum atomic E-state index is -0.448. The summed E-state index contributed by atoms with van der Waals surface area (Å²) in [5, 5.41) is 4.62. The summed E-state index contributed by atoms with van der Waals surface area (Å²) in [5.41, 5.74) is 0.591. The number of carbonyl (C=O) groups is 1. The van der Waals surface area contributed by atoms with E-state index in [2.05, 4.69) is 21.1 Å². The van der Waals surface area contributed by atoms with Crippen LogP contribution in [-0.2, 0) is 0 Å². The Morgan fingerprint density at radius 1 is 1.38 bits per heavy atom. The molecular weight excluding hydrogens is 270 g/mol. The lowest BCUT2D eigenvalue weighted by molar-refractivity contribution is 0.0850. The van der Waals surface area contributed by atoms with Gasteiger partial charge in [-0.3, -0.25) is 4.79 Å². The molecule has 0 aliphatic carbocycles. The van der Waals surface area contributed by atoms with Gasteiger partial charge in [0.15, 0.2) is 17.1 Å². The predicted octanol–water partition coefficient (Wildman–Crippen LogP) is 3.82. The van der Waals surface area contributed by atoms with Crippen LogP contribution in [0.4, 0.5) is 0 Å². The zero-order chi connectivity index (χ0) is 11.9. The highest BCUT2D eigenvalue weighted by molar-refractivity contribution is 9.10. The van der Waals surface area contributed by atoms with Gasteiger partial charge in [-0.05, 0) is 18.2 Å². The molecule has 0 saturated carbocycles. The second-order valence-corrected chi connectivity index (χ2v) is 5.67. The van der Waals surface area contributed by atoms with E-state index < -0.39 is 5.41 Å². The van der Waals surface area contributed by atoms with Gasteiger partial charge < -0.3 is 4.52 Å². The molecule has 3 nitrogen and oxygen atoms in total. The van der Waals surface area contributed by atoms with Crippen molar-refractivity contribution in [3.05, 3.63) is 28.4 Å². The van der Waals surface area contributed by atoms with Gasteiger partial charge in [-0.15, -0.1) is 0 Å². The highest BCUT2D eigenvalue weighted by Crippen LogP contribution is 2.27. The van der Waals surface area contributed by atoms with Crippen LogP contribution in [0.2, 0.25) is 0 Å². The molecule has 0 amide bonds. The van der Waals surface area contributed by atoms with Crippen molar-refractivity contribution in [2.24, 2.45) is 5.41 Å². The number of halogens is 1. The van der Waals surface area contributed by atoms with Crippen molar-refractivity contribution in [2.45, 2.75) is 20.8 Å². The average Bonchev–Trinajstić information content (AvgIpc) is 2.57. The fourth-order valence-electron chi connectivity index (χ4n) is 1.43. The molecule has 0 bridgehead atoms. The maximum atomic E-state index is 12.1. The first kappa shape index (κ1) is 11.3.